The van der Waals surface area contributed by atoms with Gasteiger partial charge in [-0.3, -0.25) is 0 Å². The zero-order chi connectivity index (χ0) is 18.0. The second-order valence-electron chi connectivity index (χ2n) is 5.89. The molecule has 0 atom stereocenters. The molecule has 1 aromatic carbocycles. The first-order chi connectivity index (χ1) is 12.0. The van der Waals surface area contributed by atoms with Gasteiger partial charge < -0.3 is 14.8 Å². The van der Waals surface area contributed by atoms with Gasteiger partial charge in [-0.1, -0.05) is 17.7 Å². The molecular weight excluding hydrogens is 338 g/mol. The van der Waals surface area contributed by atoms with E-state index < -0.39 is 0 Å². The molecule has 5 nitrogen and oxygen atoms in total. The monoisotopic (exact) mass is 357 g/mol. The van der Waals surface area contributed by atoms with E-state index in [0.717, 1.165) is 16.9 Å². The highest BCUT2D eigenvalue weighted by Crippen LogP contribution is 2.37. The van der Waals surface area contributed by atoms with E-state index >= 15 is 0 Å². The Morgan fingerprint density at radius 1 is 0.960 bits per heavy atom. The fraction of sp³-hybridized carbons (Fsp3) is 0.263. The smallest absolute Gasteiger partial charge is 0.139 e. The molecule has 0 aliphatic heterocycles. The number of hydrogen-bond donors (Lipinski definition) is 1. The number of nitrogens with one attached hydrogen (secondary N) is 1. The third-order valence-corrected chi connectivity index (χ3v) is 4.10. The van der Waals surface area contributed by atoms with E-state index in [0.29, 0.717) is 33.8 Å². The van der Waals surface area contributed by atoms with Crippen LogP contribution in [0.1, 0.15) is 13.8 Å². The Balaban J connectivity index is 2.18. The molecule has 6 heteroatoms. The maximum absolute atomic E-state index is 6.45. The average molecular weight is 358 g/mol. The summed E-state index contributed by atoms with van der Waals surface area (Å²) in [5.41, 5.74) is 2.05. The van der Waals surface area contributed by atoms with E-state index in [-0.39, 0.29) is 0 Å². The number of pyridine rings is 2. The number of nitrogens with zero attached hydrogens (tertiary/aromatic N) is 2. The number of rotatable bonds is 5. The predicted molar refractivity (Wildman–Crippen MR) is 102 cm³/mol. The summed E-state index contributed by atoms with van der Waals surface area (Å²) >= 11 is 6.45. The third-order valence-electron chi connectivity index (χ3n) is 3.73. The van der Waals surface area contributed by atoms with Crippen LogP contribution < -0.4 is 14.8 Å². The van der Waals surface area contributed by atoms with Gasteiger partial charge in [0.1, 0.15) is 22.3 Å². The number of hydrogen-bond acceptors (Lipinski definition) is 5. The first-order valence-corrected chi connectivity index (χ1v) is 8.36. The van der Waals surface area contributed by atoms with E-state index in [4.69, 9.17) is 26.1 Å². The first kappa shape index (κ1) is 17.3. The van der Waals surface area contributed by atoms with Crippen LogP contribution in [0.5, 0.6) is 11.5 Å². The highest BCUT2D eigenvalue weighted by atomic mass is 35.5. The standard InChI is InChI=1S/C19H20ClN3O2/c1-11(2)21-17-7-5-6-13(22-17)14-10-16(25-4)12-8-9-15(24-3)18(20)19(12)23-14/h5-11H,1-4H3,(H,21,22). The van der Waals surface area contributed by atoms with E-state index in [9.17, 15) is 0 Å². The number of methoxy groups -OCH3 is 2. The fourth-order valence-electron chi connectivity index (χ4n) is 2.62. The Bertz CT molecular complexity index is 913. The predicted octanol–water partition coefficient (Wildman–Crippen LogP) is 4.79. The van der Waals surface area contributed by atoms with Crippen molar-refractivity contribution in [1.29, 1.82) is 0 Å². The normalized spacial score (nSPS) is 11.0. The quantitative estimate of drug-likeness (QED) is 0.711. The lowest BCUT2D eigenvalue weighted by molar-refractivity contribution is 0.414. The van der Waals surface area contributed by atoms with Crippen LogP contribution in [0.3, 0.4) is 0 Å². The van der Waals surface area contributed by atoms with Crippen molar-refractivity contribution >= 4 is 28.3 Å². The van der Waals surface area contributed by atoms with E-state index in [1.807, 2.05) is 30.3 Å². The maximum Gasteiger partial charge on any atom is 0.139 e. The van der Waals surface area contributed by atoms with Gasteiger partial charge in [0.15, 0.2) is 0 Å². The number of fused-ring (bicyclic) bond motifs is 1. The second-order valence-corrected chi connectivity index (χ2v) is 6.27. The van der Waals surface area contributed by atoms with Crippen molar-refractivity contribution in [3.8, 4) is 22.9 Å². The van der Waals surface area contributed by atoms with Crippen molar-refractivity contribution in [1.82, 2.24) is 9.97 Å². The van der Waals surface area contributed by atoms with E-state index in [1.165, 1.54) is 0 Å². The van der Waals surface area contributed by atoms with Gasteiger partial charge in [0.25, 0.3) is 0 Å². The molecule has 0 radical (unpaired) electrons. The lowest BCUT2D eigenvalue weighted by Gasteiger charge is -2.13. The topological polar surface area (TPSA) is 56.3 Å². The Kier molecular flexibility index (Phi) is 4.95. The lowest BCUT2D eigenvalue weighted by Crippen LogP contribution is -2.11. The van der Waals surface area contributed by atoms with Crippen molar-refractivity contribution in [2.45, 2.75) is 19.9 Å². The van der Waals surface area contributed by atoms with Gasteiger partial charge in [-0.2, -0.15) is 0 Å². The molecule has 0 aliphatic carbocycles. The Morgan fingerprint density at radius 2 is 1.72 bits per heavy atom. The molecule has 0 saturated heterocycles. The molecule has 1 N–H and O–H groups in total. The van der Waals surface area contributed by atoms with Crippen LogP contribution in [0.15, 0.2) is 36.4 Å². The first-order valence-electron chi connectivity index (χ1n) is 7.98. The Morgan fingerprint density at radius 3 is 2.40 bits per heavy atom. The number of ether oxygens (including phenoxy) is 2. The van der Waals surface area contributed by atoms with E-state index in [2.05, 4.69) is 24.1 Å². The van der Waals surface area contributed by atoms with Gasteiger partial charge in [-0.25, -0.2) is 9.97 Å². The molecule has 0 unspecified atom stereocenters. The van der Waals surface area contributed by atoms with Crippen molar-refractivity contribution in [2.75, 3.05) is 19.5 Å². The minimum absolute atomic E-state index is 0.292. The summed E-state index contributed by atoms with van der Waals surface area (Å²) < 4.78 is 10.8. The average Bonchev–Trinajstić information content (AvgIpc) is 2.61. The number of halogens is 1. The third kappa shape index (κ3) is 3.46. The van der Waals surface area contributed by atoms with Crippen LogP contribution in [0.25, 0.3) is 22.3 Å². The zero-order valence-electron chi connectivity index (χ0n) is 14.6. The largest absolute Gasteiger partial charge is 0.496 e. The summed E-state index contributed by atoms with van der Waals surface area (Å²) in [5, 5.41) is 4.58. The van der Waals surface area contributed by atoms with Crippen molar-refractivity contribution in [3.63, 3.8) is 0 Å². The second kappa shape index (κ2) is 7.15. The van der Waals surface area contributed by atoms with E-state index in [1.54, 1.807) is 20.3 Å². The minimum atomic E-state index is 0.292. The molecule has 0 spiro atoms. The summed E-state index contributed by atoms with van der Waals surface area (Å²) in [6.45, 7) is 4.13. The molecular formula is C19H20ClN3O2. The summed E-state index contributed by atoms with van der Waals surface area (Å²) in [4.78, 5) is 9.33. The van der Waals surface area contributed by atoms with Crippen LogP contribution in [-0.2, 0) is 0 Å². The summed E-state index contributed by atoms with van der Waals surface area (Å²) in [7, 11) is 3.21. The molecule has 3 rings (SSSR count). The molecule has 0 saturated carbocycles. The highest BCUT2D eigenvalue weighted by molar-refractivity contribution is 6.36. The fourth-order valence-corrected chi connectivity index (χ4v) is 2.90. The van der Waals surface area contributed by atoms with Gasteiger partial charge in [0, 0.05) is 17.5 Å². The number of benzene rings is 1. The molecule has 0 fully saturated rings. The lowest BCUT2D eigenvalue weighted by atomic mass is 10.1. The van der Waals surface area contributed by atoms with Gasteiger partial charge in [-0.05, 0) is 38.1 Å². The van der Waals surface area contributed by atoms with Gasteiger partial charge >= 0.3 is 0 Å². The summed E-state index contributed by atoms with van der Waals surface area (Å²) in [5.74, 6) is 2.06. The Labute approximate surface area is 152 Å². The number of anilines is 1. The SMILES string of the molecule is COc1ccc2c(OC)cc(-c3cccc(NC(C)C)n3)nc2c1Cl. The molecule has 0 aliphatic rings. The van der Waals surface area contributed by atoms with Gasteiger partial charge in [-0.15, -0.1) is 0 Å². The summed E-state index contributed by atoms with van der Waals surface area (Å²) in [6, 6.07) is 11.6. The van der Waals surface area contributed by atoms with Crippen LogP contribution in [-0.4, -0.2) is 30.2 Å². The highest BCUT2D eigenvalue weighted by Gasteiger charge is 2.14. The molecule has 2 heterocycles. The molecule has 130 valence electrons. The zero-order valence-corrected chi connectivity index (χ0v) is 15.4. The van der Waals surface area contributed by atoms with Gasteiger partial charge in [0.05, 0.1) is 31.1 Å². The molecule has 0 bridgehead atoms. The molecule has 2 aromatic heterocycles. The molecule has 3 aromatic rings. The van der Waals surface area contributed by atoms with Crippen LogP contribution in [0.2, 0.25) is 5.02 Å². The Hall–Kier alpha value is -2.53. The van der Waals surface area contributed by atoms with Crippen molar-refractivity contribution in [2.24, 2.45) is 0 Å². The molecule has 25 heavy (non-hydrogen) atoms. The van der Waals surface area contributed by atoms with Crippen LogP contribution >= 0.6 is 11.6 Å². The minimum Gasteiger partial charge on any atom is -0.496 e. The number of aromatic nitrogens is 2. The van der Waals surface area contributed by atoms with Crippen molar-refractivity contribution < 1.29 is 9.47 Å². The van der Waals surface area contributed by atoms with Crippen LogP contribution in [0.4, 0.5) is 5.82 Å². The van der Waals surface area contributed by atoms with Crippen molar-refractivity contribution in [3.05, 3.63) is 41.4 Å². The van der Waals surface area contributed by atoms with Crippen LogP contribution in [0, 0.1) is 0 Å². The van der Waals surface area contributed by atoms with Gasteiger partial charge in [0.2, 0.25) is 0 Å². The maximum atomic E-state index is 6.45. The summed E-state index contributed by atoms with van der Waals surface area (Å²) in [6.07, 6.45) is 0. The molecule has 0 amide bonds.